The summed E-state index contributed by atoms with van der Waals surface area (Å²) in [7, 11) is 0. The largest absolute Gasteiger partial charge is 0.354 e. The lowest BCUT2D eigenvalue weighted by Crippen LogP contribution is -2.21. The smallest absolute Gasteiger partial charge is 0.266 e. The molecule has 0 amide bonds. The first-order chi connectivity index (χ1) is 14.1. The number of nitrogens with one attached hydrogen (secondary N) is 1. The van der Waals surface area contributed by atoms with E-state index in [9.17, 15) is 14.0 Å². The van der Waals surface area contributed by atoms with Gasteiger partial charge in [0.2, 0.25) is 5.78 Å². The Morgan fingerprint density at radius 3 is 2.59 bits per heavy atom. The van der Waals surface area contributed by atoms with E-state index < -0.39 is 5.78 Å². The molecular formula is C22H11FN4O2. The Bertz CT molecular complexity index is 1430. The number of carbonyl (C=O) groups is 1. The second kappa shape index (κ2) is 6.11. The minimum atomic E-state index is -0.410. The average molecular weight is 382 g/mol. The minimum absolute atomic E-state index is 0.000876. The summed E-state index contributed by atoms with van der Waals surface area (Å²) < 4.78 is 14.4. The maximum Gasteiger partial charge on any atom is 0.266 e. The molecular weight excluding hydrogens is 371 g/mol. The normalized spacial score (nSPS) is 11.8. The van der Waals surface area contributed by atoms with E-state index in [1.807, 2.05) is 6.07 Å². The van der Waals surface area contributed by atoms with E-state index in [2.05, 4.69) is 10.3 Å². The molecule has 5 rings (SSSR count). The third kappa shape index (κ3) is 2.51. The highest BCUT2D eigenvalue weighted by atomic mass is 19.1. The zero-order chi connectivity index (χ0) is 20.1. The van der Waals surface area contributed by atoms with Gasteiger partial charge in [-0.15, -0.1) is 0 Å². The minimum Gasteiger partial charge on any atom is -0.354 e. The summed E-state index contributed by atoms with van der Waals surface area (Å²) in [6.45, 7) is 0. The Kier molecular flexibility index (Phi) is 3.54. The summed E-state index contributed by atoms with van der Waals surface area (Å²) in [5.74, 6) is -0.767. The second-order valence-corrected chi connectivity index (χ2v) is 6.58. The van der Waals surface area contributed by atoms with Crippen LogP contribution >= 0.6 is 0 Å². The van der Waals surface area contributed by atoms with Gasteiger partial charge < -0.3 is 5.32 Å². The van der Waals surface area contributed by atoms with Crippen LogP contribution in [-0.4, -0.2) is 15.3 Å². The van der Waals surface area contributed by atoms with E-state index in [-0.39, 0.29) is 22.8 Å². The molecule has 4 aromatic rings. The number of anilines is 2. The SMILES string of the molecule is N#Cc1ccc2c(c1)C(=O)c1nc3c(Nc4ccc(F)cc4)cccc3c(=O)n1-2. The fourth-order valence-corrected chi connectivity index (χ4v) is 3.48. The van der Waals surface area contributed by atoms with Crippen molar-refractivity contribution in [1.29, 1.82) is 5.26 Å². The molecule has 7 heteroatoms. The average Bonchev–Trinajstić information content (AvgIpc) is 3.02. The Hall–Kier alpha value is -4.31. The number of carbonyl (C=O) groups excluding carboxylic acids is 1. The van der Waals surface area contributed by atoms with Gasteiger partial charge >= 0.3 is 0 Å². The van der Waals surface area contributed by atoms with Crippen molar-refractivity contribution in [2.24, 2.45) is 0 Å². The number of hydrogen-bond acceptors (Lipinski definition) is 5. The molecule has 29 heavy (non-hydrogen) atoms. The van der Waals surface area contributed by atoms with Crippen molar-refractivity contribution in [3.63, 3.8) is 0 Å². The van der Waals surface area contributed by atoms with E-state index in [1.165, 1.54) is 22.8 Å². The lowest BCUT2D eigenvalue weighted by molar-refractivity contribution is 0.103. The molecule has 3 aromatic carbocycles. The van der Waals surface area contributed by atoms with E-state index in [0.29, 0.717) is 33.5 Å². The molecule has 0 fully saturated rings. The molecule has 1 aliphatic rings. The molecule has 0 unspecified atom stereocenters. The lowest BCUT2D eigenvalue weighted by atomic mass is 10.1. The second-order valence-electron chi connectivity index (χ2n) is 6.58. The number of nitrogens with zero attached hydrogens (tertiary/aromatic N) is 3. The predicted octanol–water partition coefficient (Wildman–Crippen LogP) is 3.68. The summed E-state index contributed by atoms with van der Waals surface area (Å²) in [6.07, 6.45) is 0. The highest BCUT2D eigenvalue weighted by Crippen LogP contribution is 2.30. The fraction of sp³-hybridized carbons (Fsp3) is 0. The number of ketones is 1. The first-order valence-electron chi connectivity index (χ1n) is 8.74. The summed E-state index contributed by atoms with van der Waals surface area (Å²) in [5.41, 5.74) is 2.14. The Balaban J connectivity index is 1.72. The molecule has 0 bridgehead atoms. The number of halogens is 1. The summed E-state index contributed by atoms with van der Waals surface area (Å²) in [4.78, 5) is 30.5. The van der Waals surface area contributed by atoms with Gasteiger partial charge in [0.25, 0.3) is 5.56 Å². The van der Waals surface area contributed by atoms with Crippen LogP contribution in [0.5, 0.6) is 0 Å². The molecule has 0 spiro atoms. The standard InChI is InChI=1S/C22H11FN4O2/c23-13-5-7-14(8-6-13)25-17-3-1-2-15-19(17)26-21-20(28)16-10-12(11-24)4-9-18(16)27(21)22(15)29/h1-10,25H. The van der Waals surface area contributed by atoms with Crippen LogP contribution in [0.1, 0.15) is 21.7 Å². The Labute approximate surface area is 163 Å². The third-order valence-electron chi connectivity index (χ3n) is 4.84. The molecule has 2 heterocycles. The van der Waals surface area contributed by atoms with Crippen LogP contribution in [0.15, 0.2) is 65.5 Å². The van der Waals surface area contributed by atoms with Crippen molar-refractivity contribution in [3.05, 3.63) is 93.8 Å². The van der Waals surface area contributed by atoms with Gasteiger partial charge in [0.1, 0.15) is 11.3 Å². The van der Waals surface area contributed by atoms with Gasteiger partial charge in [0.15, 0.2) is 5.82 Å². The van der Waals surface area contributed by atoms with Gasteiger partial charge in [0.05, 0.1) is 34.0 Å². The number of benzene rings is 3. The molecule has 0 saturated heterocycles. The molecule has 138 valence electrons. The maximum atomic E-state index is 13.2. The van der Waals surface area contributed by atoms with E-state index in [0.717, 1.165) is 0 Å². The molecule has 0 aliphatic carbocycles. The fourth-order valence-electron chi connectivity index (χ4n) is 3.48. The monoisotopic (exact) mass is 382 g/mol. The number of hydrogen-bond donors (Lipinski definition) is 1. The van der Waals surface area contributed by atoms with Crippen molar-refractivity contribution < 1.29 is 9.18 Å². The van der Waals surface area contributed by atoms with Crippen LogP contribution in [-0.2, 0) is 0 Å². The van der Waals surface area contributed by atoms with Gasteiger partial charge in [-0.05, 0) is 54.6 Å². The number of para-hydroxylation sites is 1. The van der Waals surface area contributed by atoms with Crippen molar-refractivity contribution in [2.75, 3.05) is 5.32 Å². The number of nitriles is 1. The predicted molar refractivity (Wildman–Crippen MR) is 105 cm³/mol. The van der Waals surface area contributed by atoms with E-state index in [1.54, 1.807) is 42.5 Å². The summed E-state index contributed by atoms with van der Waals surface area (Å²) >= 11 is 0. The highest BCUT2D eigenvalue weighted by molar-refractivity contribution is 6.14. The number of fused-ring (bicyclic) bond motifs is 4. The van der Waals surface area contributed by atoms with Gasteiger partial charge in [-0.1, -0.05) is 6.07 Å². The zero-order valence-corrected chi connectivity index (χ0v) is 14.8. The quantitative estimate of drug-likeness (QED) is 0.503. The molecule has 1 aromatic heterocycles. The van der Waals surface area contributed by atoms with Crippen LogP contribution in [0.2, 0.25) is 0 Å². The summed E-state index contributed by atoms with van der Waals surface area (Å²) in [5, 5.41) is 12.6. The van der Waals surface area contributed by atoms with Gasteiger partial charge in [-0.25, -0.2) is 9.37 Å². The van der Waals surface area contributed by atoms with Crippen LogP contribution in [0.3, 0.4) is 0 Å². The maximum absolute atomic E-state index is 13.2. The molecule has 0 saturated carbocycles. The van der Waals surface area contributed by atoms with Crippen molar-refractivity contribution in [1.82, 2.24) is 9.55 Å². The Morgan fingerprint density at radius 1 is 1.03 bits per heavy atom. The van der Waals surface area contributed by atoms with Crippen LogP contribution in [0.25, 0.3) is 16.6 Å². The van der Waals surface area contributed by atoms with Gasteiger partial charge in [-0.3, -0.25) is 14.2 Å². The molecule has 1 aliphatic heterocycles. The number of aromatic nitrogens is 2. The number of rotatable bonds is 2. The first kappa shape index (κ1) is 16.8. The highest BCUT2D eigenvalue weighted by Gasteiger charge is 2.31. The summed E-state index contributed by atoms with van der Waals surface area (Å²) in [6, 6.07) is 17.5. The van der Waals surface area contributed by atoms with E-state index in [4.69, 9.17) is 5.26 Å². The zero-order valence-electron chi connectivity index (χ0n) is 14.8. The first-order valence-corrected chi connectivity index (χ1v) is 8.74. The topological polar surface area (TPSA) is 87.8 Å². The molecule has 6 nitrogen and oxygen atoms in total. The van der Waals surface area contributed by atoms with Crippen LogP contribution in [0.4, 0.5) is 15.8 Å². The van der Waals surface area contributed by atoms with Crippen molar-refractivity contribution in [2.45, 2.75) is 0 Å². The molecule has 0 radical (unpaired) electrons. The van der Waals surface area contributed by atoms with Gasteiger partial charge in [-0.2, -0.15) is 5.26 Å². The Morgan fingerprint density at radius 2 is 1.83 bits per heavy atom. The van der Waals surface area contributed by atoms with Crippen molar-refractivity contribution in [3.8, 4) is 11.8 Å². The van der Waals surface area contributed by atoms with Gasteiger partial charge in [0, 0.05) is 5.69 Å². The van der Waals surface area contributed by atoms with Crippen molar-refractivity contribution >= 4 is 28.1 Å². The lowest BCUT2D eigenvalue weighted by Gasteiger charge is -2.11. The van der Waals surface area contributed by atoms with Crippen LogP contribution in [0, 0.1) is 17.1 Å². The molecule has 1 N–H and O–H groups in total. The molecule has 0 atom stereocenters. The third-order valence-corrected chi connectivity index (χ3v) is 4.84. The van der Waals surface area contributed by atoms with E-state index >= 15 is 0 Å². The van der Waals surface area contributed by atoms with Crippen LogP contribution < -0.4 is 10.9 Å².